The maximum Gasteiger partial charge on any atom is 0.195 e. The van der Waals surface area contributed by atoms with Crippen LogP contribution in [0.1, 0.15) is 16.7 Å². The van der Waals surface area contributed by atoms with Gasteiger partial charge in [0.1, 0.15) is 0 Å². The second kappa shape index (κ2) is 7.48. The molecule has 135 valence electrons. The first-order valence-corrected chi connectivity index (χ1v) is 8.55. The van der Waals surface area contributed by atoms with Gasteiger partial charge in [-0.1, -0.05) is 18.2 Å². The average molecular weight is 529 g/mol. The van der Waals surface area contributed by atoms with Crippen molar-refractivity contribution in [1.29, 1.82) is 0 Å². The Bertz CT molecular complexity index is 1170. The molecule has 0 unspecified atom stereocenters. The van der Waals surface area contributed by atoms with Gasteiger partial charge in [0.2, 0.25) is 0 Å². The smallest absolute Gasteiger partial charge is 0.195 e. The summed E-state index contributed by atoms with van der Waals surface area (Å²) in [5.41, 5.74) is 7.78. The van der Waals surface area contributed by atoms with Gasteiger partial charge in [-0.2, -0.15) is 0 Å². The molecule has 1 radical (unpaired) electrons. The van der Waals surface area contributed by atoms with Crippen LogP contribution in [0, 0.1) is 33.4 Å². The Kier molecular flexibility index (Phi) is 5.28. The normalized spacial score (nSPS) is 10.4. The van der Waals surface area contributed by atoms with E-state index in [1.165, 1.54) is 0 Å². The molecule has 0 saturated carbocycles. The first-order chi connectivity index (χ1) is 12.6. The third-order valence-electron chi connectivity index (χ3n) is 4.74. The molecule has 27 heavy (non-hydrogen) atoms. The third kappa shape index (κ3) is 3.10. The number of benzene rings is 3. The van der Waals surface area contributed by atoms with Crippen LogP contribution in [-0.4, -0.2) is 9.55 Å². The van der Waals surface area contributed by atoms with Crippen molar-refractivity contribution in [2.75, 3.05) is 0 Å². The summed E-state index contributed by atoms with van der Waals surface area (Å²) in [5, 5.41) is 0. The van der Waals surface area contributed by atoms with Crippen LogP contribution in [0.25, 0.3) is 33.0 Å². The summed E-state index contributed by atoms with van der Waals surface area (Å²) < 4.78 is 2.17. The maximum absolute atomic E-state index is 7.59. The molecular formula is C23H18IrN3-. The van der Waals surface area contributed by atoms with Gasteiger partial charge in [0, 0.05) is 25.8 Å². The van der Waals surface area contributed by atoms with Crippen LogP contribution in [-0.2, 0) is 20.1 Å². The number of aromatic nitrogens is 2. The molecule has 0 amide bonds. The predicted octanol–water partition coefficient (Wildman–Crippen LogP) is 5.97. The molecule has 4 rings (SSSR count). The van der Waals surface area contributed by atoms with Crippen LogP contribution < -0.4 is 0 Å². The van der Waals surface area contributed by atoms with Gasteiger partial charge in [-0.3, -0.25) is 4.98 Å². The van der Waals surface area contributed by atoms with E-state index in [9.17, 15) is 0 Å². The molecule has 0 aliphatic rings. The van der Waals surface area contributed by atoms with E-state index in [0.717, 1.165) is 44.8 Å². The average Bonchev–Trinajstić information content (AvgIpc) is 3.02. The van der Waals surface area contributed by atoms with Crippen LogP contribution in [0.15, 0.2) is 54.6 Å². The Morgan fingerprint density at radius 2 is 1.74 bits per heavy atom. The van der Waals surface area contributed by atoms with E-state index >= 15 is 0 Å². The largest absolute Gasteiger partial charge is 0.334 e. The molecular weight excluding hydrogens is 510 g/mol. The predicted molar refractivity (Wildman–Crippen MR) is 106 cm³/mol. The number of fused-ring (bicyclic) bond motifs is 1. The number of nitrogens with zero attached hydrogens (tertiary/aromatic N) is 3. The molecule has 0 atom stereocenters. The van der Waals surface area contributed by atoms with Crippen molar-refractivity contribution in [3.63, 3.8) is 0 Å². The number of rotatable bonds is 2. The molecule has 0 bridgehead atoms. The van der Waals surface area contributed by atoms with E-state index in [4.69, 9.17) is 11.6 Å². The Hall–Kier alpha value is -2.73. The molecule has 4 heteroatoms. The molecule has 1 aromatic heterocycles. The minimum absolute atomic E-state index is 0. The van der Waals surface area contributed by atoms with Crippen molar-refractivity contribution in [3.8, 4) is 17.1 Å². The Morgan fingerprint density at radius 3 is 2.44 bits per heavy atom. The van der Waals surface area contributed by atoms with E-state index in [0.29, 0.717) is 5.69 Å². The first kappa shape index (κ1) is 19.0. The summed E-state index contributed by atoms with van der Waals surface area (Å²) in [5.74, 6) is 0.845. The molecule has 0 aliphatic heterocycles. The van der Waals surface area contributed by atoms with E-state index < -0.39 is 0 Å². The van der Waals surface area contributed by atoms with Gasteiger partial charge in [0.15, 0.2) is 5.69 Å². The molecule has 0 saturated heterocycles. The number of aryl methyl sites for hydroxylation is 2. The number of hydrogen-bond donors (Lipinski definition) is 0. The number of hydrogen-bond acceptors (Lipinski definition) is 1. The maximum atomic E-state index is 7.59. The Morgan fingerprint density at radius 1 is 1.00 bits per heavy atom. The molecule has 0 spiro atoms. The molecule has 0 fully saturated rings. The van der Waals surface area contributed by atoms with Crippen LogP contribution >= 0.6 is 0 Å². The third-order valence-corrected chi connectivity index (χ3v) is 4.74. The van der Waals surface area contributed by atoms with E-state index in [-0.39, 0.29) is 20.1 Å². The van der Waals surface area contributed by atoms with Crippen molar-refractivity contribution in [3.05, 3.63) is 88.8 Å². The van der Waals surface area contributed by atoms with Gasteiger partial charge in [0.25, 0.3) is 0 Å². The standard InChI is InChI=1S/C23H18N3.Ir/c1-15-14-16(2)22(17(3)21(15)24-4)26-20-13-9-8-12-19(20)25-23(26)18-10-6-5-7-11-18;/h5-10,12-14H,1-3H3;/q-1;. The molecule has 1 heterocycles. The topological polar surface area (TPSA) is 22.2 Å². The summed E-state index contributed by atoms with van der Waals surface area (Å²) in [4.78, 5) is 8.65. The van der Waals surface area contributed by atoms with Crippen molar-refractivity contribution in [2.45, 2.75) is 20.8 Å². The zero-order valence-corrected chi connectivity index (χ0v) is 17.8. The monoisotopic (exact) mass is 529 g/mol. The Labute approximate surface area is 172 Å². The SMILES string of the molecule is [C-]#[N+]c1c(C)cc(C)c(-n2c(-c3[c-]cccc3)nc3ccccc32)c1C.[Ir]. The fourth-order valence-corrected chi connectivity index (χ4v) is 3.65. The fourth-order valence-electron chi connectivity index (χ4n) is 3.65. The molecule has 0 N–H and O–H groups in total. The van der Waals surface area contributed by atoms with E-state index in [1.54, 1.807) is 0 Å². The first-order valence-electron chi connectivity index (χ1n) is 8.55. The Balaban J connectivity index is 0.00000210. The summed E-state index contributed by atoms with van der Waals surface area (Å²) in [7, 11) is 0. The van der Waals surface area contributed by atoms with Gasteiger partial charge in [0.05, 0.1) is 23.4 Å². The van der Waals surface area contributed by atoms with Crippen molar-refractivity contribution in [1.82, 2.24) is 9.55 Å². The second-order valence-electron chi connectivity index (χ2n) is 6.48. The van der Waals surface area contributed by atoms with Crippen LogP contribution in [0.3, 0.4) is 0 Å². The van der Waals surface area contributed by atoms with Gasteiger partial charge in [-0.15, -0.1) is 35.9 Å². The van der Waals surface area contributed by atoms with Crippen LogP contribution in [0.4, 0.5) is 5.69 Å². The van der Waals surface area contributed by atoms with Crippen LogP contribution in [0.5, 0.6) is 0 Å². The zero-order chi connectivity index (χ0) is 18.3. The molecule has 3 aromatic carbocycles. The van der Waals surface area contributed by atoms with Gasteiger partial charge in [-0.25, -0.2) is 4.85 Å². The van der Waals surface area contributed by atoms with Gasteiger partial charge in [-0.05, 0) is 49.6 Å². The molecule has 0 aliphatic carbocycles. The van der Waals surface area contributed by atoms with Gasteiger partial charge < -0.3 is 4.57 Å². The number of para-hydroxylation sites is 2. The minimum Gasteiger partial charge on any atom is -0.334 e. The molecule has 3 nitrogen and oxygen atoms in total. The van der Waals surface area contributed by atoms with E-state index in [1.807, 2.05) is 56.3 Å². The molecule has 4 aromatic rings. The van der Waals surface area contributed by atoms with Crippen LogP contribution in [0.2, 0.25) is 0 Å². The second-order valence-corrected chi connectivity index (χ2v) is 6.48. The van der Waals surface area contributed by atoms with Crippen molar-refractivity contribution >= 4 is 16.7 Å². The number of imidazole rings is 1. The van der Waals surface area contributed by atoms with Gasteiger partial charge >= 0.3 is 0 Å². The van der Waals surface area contributed by atoms with Crippen molar-refractivity contribution < 1.29 is 20.1 Å². The minimum atomic E-state index is 0. The summed E-state index contributed by atoms with van der Waals surface area (Å²) in [6, 6.07) is 21.4. The zero-order valence-electron chi connectivity index (χ0n) is 15.4. The summed E-state index contributed by atoms with van der Waals surface area (Å²) in [6.45, 7) is 13.7. The van der Waals surface area contributed by atoms with Crippen molar-refractivity contribution in [2.24, 2.45) is 0 Å². The summed E-state index contributed by atoms with van der Waals surface area (Å²) >= 11 is 0. The van der Waals surface area contributed by atoms with E-state index in [2.05, 4.69) is 34.5 Å². The quantitative estimate of drug-likeness (QED) is 0.294. The summed E-state index contributed by atoms with van der Waals surface area (Å²) in [6.07, 6.45) is 0. The fraction of sp³-hybridized carbons (Fsp3) is 0.130.